The Balaban J connectivity index is 0. The van der Waals surface area contributed by atoms with E-state index in [2.05, 4.69) is 9.47 Å². The van der Waals surface area contributed by atoms with Crippen LogP contribution in [-0.2, 0) is 19.1 Å². The molecule has 0 fully saturated rings. The van der Waals surface area contributed by atoms with E-state index < -0.39 is 12.0 Å². The molecular weight excluding hydrogens is 202 g/mol. The van der Waals surface area contributed by atoms with E-state index >= 15 is 0 Å². The third-order valence-corrected chi connectivity index (χ3v) is 1.39. The average molecular weight is 217 g/mol. The number of esters is 2. The minimum Gasteiger partial charge on any atom is -0.469 e. The van der Waals surface area contributed by atoms with E-state index in [1.165, 1.54) is 14.2 Å². The van der Waals surface area contributed by atoms with Gasteiger partial charge in [0.25, 0.3) is 0 Å². The van der Waals surface area contributed by atoms with Crippen LogP contribution in [0.2, 0.25) is 0 Å². The van der Waals surface area contributed by atoms with Gasteiger partial charge in [-0.2, -0.15) is 0 Å². The Morgan fingerprint density at radius 1 is 1.31 bits per heavy atom. The molecule has 0 bridgehead atoms. The largest absolute Gasteiger partial charge is 0.469 e. The van der Waals surface area contributed by atoms with Crippen LogP contribution in [0.1, 0.15) is 12.8 Å². The Hall–Kier alpha value is -0.810. The van der Waals surface area contributed by atoms with Gasteiger partial charge in [-0.1, -0.05) is 0 Å². The number of methoxy groups -OCH3 is 2. The molecule has 6 heteroatoms. The predicted octanol–water partition coefficient (Wildman–Crippen LogP) is -0.138. The van der Waals surface area contributed by atoms with Crippen LogP contribution in [0.4, 0.5) is 0 Å². The van der Waals surface area contributed by atoms with Crippen molar-refractivity contribution in [2.24, 2.45) is 5.73 Å². The first-order valence-corrected chi connectivity index (χ1v) is 3.52. The zero-order valence-corrected chi connectivity index (χ0v) is 8.43. The fraction of sp³-hybridized carbons (Fsp3) is 0.714. The van der Waals surface area contributed by atoms with Crippen LogP contribution in [0.3, 0.4) is 0 Å². The highest BCUT2D eigenvalue weighted by atomic mass is 35.5. The lowest BCUT2D eigenvalue weighted by Gasteiger charge is -2.07. The summed E-state index contributed by atoms with van der Waals surface area (Å²) < 4.78 is 8.73. The van der Waals surface area contributed by atoms with E-state index in [4.69, 9.17) is 5.73 Å². The van der Waals surface area contributed by atoms with E-state index in [1.54, 1.807) is 0 Å². The van der Waals surface area contributed by atoms with Gasteiger partial charge in [-0.3, -0.25) is 9.59 Å². The Kier molecular flexibility index (Phi) is 8.84. The van der Waals surface area contributed by atoms with E-state index in [1.807, 2.05) is 0 Å². The average Bonchev–Trinajstić information content (AvgIpc) is 2.11. The van der Waals surface area contributed by atoms with E-state index in [-0.39, 0.29) is 31.2 Å². The zero-order chi connectivity index (χ0) is 9.56. The van der Waals surface area contributed by atoms with Crippen molar-refractivity contribution >= 4 is 24.3 Å². The molecule has 0 saturated heterocycles. The lowest BCUT2D eigenvalue weighted by Crippen LogP contribution is -2.32. The summed E-state index contributed by atoms with van der Waals surface area (Å²) >= 11 is 0. The third kappa shape index (κ3) is 6.36. The fourth-order valence-corrected chi connectivity index (χ4v) is 0.645. The number of hydrogen-bond donors (Lipinski definition) is 1. The number of nitrogens with two attached hydrogens (primary N) is 1. The van der Waals surface area contributed by atoms with Crippen LogP contribution in [0.25, 0.3) is 0 Å². The topological polar surface area (TPSA) is 78.6 Å². The highest BCUT2D eigenvalue weighted by molar-refractivity contribution is 5.85. The Labute approximate surface area is 83.0 Å². The van der Waals surface area contributed by atoms with Crippen molar-refractivity contribution in [2.45, 2.75) is 18.9 Å². The summed E-state index contributed by atoms with van der Waals surface area (Å²) in [5.41, 5.74) is 5.35. The lowest BCUT2D eigenvalue weighted by atomic mass is 11.1. The monoisotopic (exact) mass is 216 g/mol. The van der Waals surface area contributed by atoms with Crippen molar-refractivity contribution < 1.29 is 19.1 Å². The van der Waals surface area contributed by atoms with Gasteiger partial charge in [-0.25, -0.2) is 0 Å². The Bertz CT molecular complexity index is 174. The van der Waals surface area contributed by atoms with Crippen LogP contribution < -0.4 is 5.73 Å². The van der Waals surface area contributed by atoms with Gasteiger partial charge in [0.05, 0.1) is 14.2 Å². The van der Waals surface area contributed by atoms with Gasteiger partial charge in [-0.05, 0) is 6.42 Å². The maximum Gasteiger partial charge on any atom is 0.322 e. The van der Waals surface area contributed by atoms with Crippen LogP contribution in [0, 0.1) is 0 Å². The van der Waals surface area contributed by atoms with E-state index in [0.29, 0.717) is 0 Å². The molecule has 0 radical (unpaired) electrons. The number of ether oxygens (including phenoxy) is 2. The molecule has 0 amide bonds. The number of rotatable bonds is 4. The molecule has 0 heterocycles. The molecule has 5 nitrogen and oxygen atoms in total. The number of carbonyl (C=O) groups is 2. The van der Waals surface area contributed by atoms with Crippen molar-refractivity contribution in [1.82, 2.24) is 0 Å². The first kappa shape index (κ1) is 14.7. The van der Waals surface area contributed by atoms with Gasteiger partial charge >= 0.3 is 11.9 Å². The van der Waals surface area contributed by atoms with Crippen molar-refractivity contribution in [1.29, 1.82) is 0 Å². The first-order chi connectivity index (χ1) is 5.61. The molecule has 0 aromatic carbocycles. The standard InChI is InChI=1S/C7H13NO4.ClH/c1-11-6(9)4-3-5(8)7(10)12-2;/h5H,3-4,8H2,1-2H3;1H/t5-;/m0./s1/i3+1,4+1,5+1,6+1,7+1;. The second kappa shape index (κ2) is 7.82. The maximum atomic E-state index is 10.7. The molecule has 2 N–H and O–H groups in total. The molecule has 0 unspecified atom stereocenters. The van der Waals surface area contributed by atoms with E-state index in [0.717, 1.165) is 0 Å². The van der Waals surface area contributed by atoms with Crippen LogP contribution in [0.5, 0.6) is 0 Å². The molecule has 0 aromatic heterocycles. The molecule has 0 aliphatic rings. The molecular formula is C7H14ClNO4. The van der Waals surface area contributed by atoms with Crippen molar-refractivity contribution in [2.75, 3.05) is 14.2 Å². The quantitative estimate of drug-likeness (QED) is 0.523. The van der Waals surface area contributed by atoms with E-state index in [9.17, 15) is 9.59 Å². The van der Waals surface area contributed by atoms with Gasteiger partial charge < -0.3 is 15.2 Å². The van der Waals surface area contributed by atoms with Crippen LogP contribution in [0.15, 0.2) is 0 Å². The molecule has 1 atom stereocenters. The minimum atomic E-state index is -0.742. The number of carbonyl (C=O) groups excluding carboxylic acids is 2. The Morgan fingerprint density at radius 3 is 2.23 bits per heavy atom. The molecule has 0 rings (SSSR count). The molecule has 0 spiro atoms. The SMILES string of the molecule is CO[13C](=O)[13CH2][13CH2][13C@H](N)[13C](=O)OC.Cl. The molecule has 0 aliphatic carbocycles. The van der Waals surface area contributed by atoms with Crippen molar-refractivity contribution in [3.63, 3.8) is 0 Å². The predicted molar refractivity (Wildman–Crippen MR) is 48.5 cm³/mol. The third-order valence-electron chi connectivity index (χ3n) is 1.39. The van der Waals surface area contributed by atoms with Crippen molar-refractivity contribution in [3.8, 4) is 0 Å². The molecule has 78 valence electrons. The molecule has 0 aliphatic heterocycles. The first-order valence-electron chi connectivity index (χ1n) is 3.52. The maximum absolute atomic E-state index is 10.7. The normalized spacial score (nSPS) is 11.0. The lowest BCUT2D eigenvalue weighted by molar-refractivity contribution is -0.143. The van der Waals surface area contributed by atoms with Crippen LogP contribution in [-0.4, -0.2) is 32.2 Å². The summed E-state index contributed by atoms with van der Waals surface area (Å²) in [5.74, 6) is -0.895. The number of hydrogen-bond acceptors (Lipinski definition) is 5. The molecule has 0 aromatic rings. The van der Waals surface area contributed by atoms with Gasteiger partial charge in [0.15, 0.2) is 0 Å². The smallest absolute Gasteiger partial charge is 0.322 e. The zero-order valence-electron chi connectivity index (χ0n) is 7.61. The number of halogens is 1. The summed E-state index contributed by atoms with van der Waals surface area (Å²) in [6.45, 7) is 0. The second-order valence-corrected chi connectivity index (χ2v) is 2.24. The van der Waals surface area contributed by atoms with Gasteiger partial charge in [-0.15, -0.1) is 12.4 Å². The van der Waals surface area contributed by atoms with Gasteiger partial charge in [0.1, 0.15) is 6.04 Å². The van der Waals surface area contributed by atoms with Gasteiger partial charge in [0, 0.05) is 6.42 Å². The summed E-state index contributed by atoms with van der Waals surface area (Å²) in [7, 11) is 2.53. The summed E-state index contributed by atoms with van der Waals surface area (Å²) in [6, 6.07) is -0.742. The highest BCUT2D eigenvalue weighted by Crippen LogP contribution is 1.97. The van der Waals surface area contributed by atoms with Crippen molar-refractivity contribution in [3.05, 3.63) is 0 Å². The summed E-state index contributed by atoms with van der Waals surface area (Å²) in [6.07, 6.45) is 0.381. The van der Waals surface area contributed by atoms with Gasteiger partial charge in [0.2, 0.25) is 0 Å². The minimum absolute atomic E-state index is 0. The van der Waals surface area contributed by atoms with Crippen LogP contribution >= 0.6 is 12.4 Å². The Morgan fingerprint density at radius 2 is 1.85 bits per heavy atom. The summed E-state index contributed by atoms with van der Waals surface area (Å²) in [4.78, 5) is 21.3. The molecule has 13 heavy (non-hydrogen) atoms. The second-order valence-electron chi connectivity index (χ2n) is 2.24. The summed E-state index contributed by atoms with van der Waals surface area (Å²) in [5, 5.41) is 0. The molecule has 0 saturated carbocycles. The fourth-order valence-electron chi connectivity index (χ4n) is 0.645. The highest BCUT2D eigenvalue weighted by Gasteiger charge is 2.14.